The molecule has 0 atom stereocenters. The first-order valence-electron chi connectivity index (χ1n) is 13.0. The molecule has 242 valence electrons. The van der Waals surface area contributed by atoms with Crippen molar-refractivity contribution in [2.45, 2.75) is 40.0 Å². The van der Waals surface area contributed by atoms with E-state index in [2.05, 4.69) is 20.4 Å². The summed E-state index contributed by atoms with van der Waals surface area (Å²) in [4.78, 5) is 21.2. The molecule has 2 aromatic heterocycles. The van der Waals surface area contributed by atoms with Gasteiger partial charge in [0.05, 0.1) is 12.7 Å². The van der Waals surface area contributed by atoms with Crippen LogP contribution in [0, 0.1) is 6.92 Å². The van der Waals surface area contributed by atoms with Crippen LogP contribution in [0.4, 0.5) is 32.0 Å². The highest BCUT2D eigenvalue weighted by atomic mass is 32.2. The van der Waals surface area contributed by atoms with E-state index in [4.69, 9.17) is 4.74 Å². The van der Waals surface area contributed by atoms with Gasteiger partial charge in [-0.2, -0.15) is 31.4 Å². The maximum Gasteiger partial charge on any atom is 0.435 e. The zero-order chi connectivity index (χ0) is 33.9. The number of methoxy groups -OCH3 is 1. The summed E-state index contributed by atoms with van der Waals surface area (Å²) in [5.74, 6) is -1.93. The zero-order valence-electron chi connectivity index (χ0n) is 24.9. The van der Waals surface area contributed by atoms with Crippen molar-refractivity contribution in [2.75, 3.05) is 24.4 Å². The zero-order valence-corrected chi connectivity index (χ0v) is 25.7. The molecule has 0 aliphatic rings. The number of aliphatic imine (C=N–C) groups is 1. The number of rotatable bonds is 9. The number of allylic oxidation sites excluding steroid dienone is 3. The molecule has 2 heterocycles. The second-order valence-corrected chi connectivity index (χ2v) is 12.4. The summed E-state index contributed by atoms with van der Waals surface area (Å²) in [7, 11) is -2.51. The Morgan fingerprint density at radius 3 is 2.18 bits per heavy atom. The number of benzene rings is 1. The number of halogens is 6. The van der Waals surface area contributed by atoms with Crippen LogP contribution in [-0.4, -0.2) is 53.9 Å². The second-order valence-electron chi connectivity index (χ2n) is 10.3. The Labute approximate surface area is 255 Å². The van der Waals surface area contributed by atoms with Gasteiger partial charge >= 0.3 is 12.4 Å². The van der Waals surface area contributed by atoms with Crippen LogP contribution in [0.1, 0.15) is 53.6 Å². The minimum atomic E-state index is -4.82. The van der Waals surface area contributed by atoms with E-state index in [1.807, 2.05) is 0 Å². The number of nitrogens with one attached hydrogen (secondary N) is 1. The molecule has 0 aliphatic carbocycles. The highest BCUT2D eigenvalue weighted by molar-refractivity contribution is 7.91. The van der Waals surface area contributed by atoms with Gasteiger partial charge in [-0.1, -0.05) is 11.6 Å². The number of hydrogen-bond donors (Lipinski definition) is 1. The molecule has 0 unspecified atom stereocenters. The number of carbonyl (C=O) groups excluding carboxylic acids is 1. The van der Waals surface area contributed by atoms with Crippen LogP contribution in [0.3, 0.4) is 0 Å². The van der Waals surface area contributed by atoms with Crippen LogP contribution in [0.5, 0.6) is 5.75 Å². The summed E-state index contributed by atoms with van der Waals surface area (Å²) < 4.78 is 111. The van der Waals surface area contributed by atoms with Crippen molar-refractivity contribution in [1.29, 1.82) is 0 Å². The monoisotopic (exact) mass is 657 g/mol. The molecule has 16 heteroatoms. The standard InChI is InChI=1S/C29H29F6N5O4S/c1-16(2)7-24(19-9-20(14-36-13-19)25(41)15-45(6,42)43)27(40-17(3)8-26(39-40)29(33,34)35)38-18(4)37-22-10-21(28(30,31)32)11-23(12-22)44-5/h7-14H,15H2,1-6H3,(H,37,38)/b27-24-. The number of hydrogen-bond acceptors (Lipinski definition) is 7. The predicted molar refractivity (Wildman–Crippen MR) is 158 cm³/mol. The lowest BCUT2D eigenvalue weighted by Gasteiger charge is -2.16. The van der Waals surface area contributed by atoms with Gasteiger partial charge in [0.25, 0.3) is 0 Å². The molecule has 0 saturated heterocycles. The molecule has 1 aromatic carbocycles. The molecule has 0 bridgehead atoms. The number of amidine groups is 1. The van der Waals surface area contributed by atoms with Crippen molar-refractivity contribution in [3.05, 3.63) is 82.5 Å². The number of sulfone groups is 1. The van der Waals surface area contributed by atoms with E-state index >= 15 is 0 Å². The second kappa shape index (κ2) is 13.3. The normalized spacial score (nSPS) is 13.3. The SMILES string of the molecule is COc1cc(N/C(C)=N/C(=C(\C=C(C)C)c2cncc(C(=O)CS(C)(=O)=O)c2)n2nc(C(F)(F)F)cc2C)cc(C(F)(F)F)c1. The van der Waals surface area contributed by atoms with Crippen molar-refractivity contribution in [3.8, 4) is 5.75 Å². The number of ether oxygens (including phenoxy) is 1. The molecule has 0 radical (unpaired) electrons. The third-order valence-electron chi connectivity index (χ3n) is 5.89. The first-order valence-corrected chi connectivity index (χ1v) is 15.0. The van der Waals surface area contributed by atoms with Gasteiger partial charge in [-0.25, -0.2) is 18.1 Å². The topological polar surface area (TPSA) is 116 Å². The van der Waals surface area contributed by atoms with Crippen LogP contribution in [-0.2, 0) is 22.2 Å². The number of aryl methyl sites for hydroxylation is 1. The average molecular weight is 658 g/mol. The average Bonchev–Trinajstić information content (AvgIpc) is 3.30. The van der Waals surface area contributed by atoms with Gasteiger partial charge in [0.2, 0.25) is 0 Å². The van der Waals surface area contributed by atoms with Crippen molar-refractivity contribution in [1.82, 2.24) is 14.8 Å². The maximum atomic E-state index is 13.7. The van der Waals surface area contributed by atoms with Gasteiger partial charge in [0.15, 0.2) is 27.1 Å². The molecule has 0 fully saturated rings. The van der Waals surface area contributed by atoms with Crippen LogP contribution in [0.2, 0.25) is 0 Å². The number of ketones is 1. The van der Waals surface area contributed by atoms with Crippen LogP contribution >= 0.6 is 0 Å². The lowest BCUT2D eigenvalue weighted by Crippen LogP contribution is -2.15. The molecule has 0 aliphatic heterocycles. The number of carbonyl (C=O) groups is 1. The molecule has 0 saturated carbocycles. The van der Waals surface area contributed by atoms with Gasteiger partial charge in [-0.15, -0.1) is 0 Å². The molecular formula is C29H29F6N5O4S. The van der Waals surface area contributed by atoms with Crippen molar-refractivity contribution >= 4 is 38.5 Å². The molecule has 0 amide bonds. The quantitative estimate of drug-likeness (QED) is 0.0897. The number of pyridine rings is 1. The van der Waals surface area contributed by atoms with Crippen LogP contribution < -0.4 is 10.1 Å². The van der Waals surface area contributed by atoms with Gasteiger partial charge in [0.1, 0.15) is 17.3 Å². The summed E-state index contributed by atoms with van der Waals surface area (Å²) in [6.07, 6.45) is -4.65. The Kier molecular flexibility index (Phi) is 10.3. The number of aromatic nitrogens is 3. The Balaban J connectivity index is 2.32. The van der Waals surface area contributed by atoms with Crippen molar-refractivity contribution in [3.63, 3.8) is 0 Å². The Hall–Kier alpha value is -4.47. The summed E-state index contributed by atoms with van der Waals surface area (Å²) in [5, 5.41) is 6.43. The van der Waals surface area contributed by atoms with E-state index in [1.165, 1.54) is 45.4 Å². The van der Waals surface area contributed by atoms with Crippen molar-refractivity contribution < 1.29 is 44.3 Å². The highest BCUT2D eigenvalue weighted by Crippen LogP contribution is 2.35. The maximum absolute atomic E-state index is 13.7. The van der Waals surface area contributed by atoms with E-state index < -0.39 is 45.0 Å². The fourth-order valence-corrected chi connectivity index (χ4v) is 4.67. The third kappa shape index (κ3) is 9.51. The molecule has 0 spiro atoms. The smallest absolute Gasteiger partial charge is 0.435 e. The Bertz CT molecular complexity index is 1800. The molecule has 45 heavy (non-hydrogen) atoms. The first-order chi connectivity index (χ1) is 20.7. The molecular weight excluding hydrogens is 628 g/mol. The Morgan fingerprint density at radius 2 is 1.64 bits per heavy atom. The largest absolute Gasteiger partial charge is 0.497 e. The van der Waals surface area contributed by atoms with Gasteiger partial charge in [-0.05, 0) is 52.0 Å². The van der Waals surface area contributed by atoms with E-state index in [1.54, 1.807) is 13.8 Å². The van der Waals surface area contributed by atoms with Crippen LogP contribution in [0.15, 0.2) is 59.4 Å². The summed E-state index contributed by atoms with van der Waals surface area (Å²) in [6.45, 7) is 6.10. The van der Waals surface area contributed by atoms with E-state index in [0.717, 1.165) is 35.3 Å². The van der Waals surface area contributed by atoms with E-state index in [-0.39, 0.29) is 45.5 Å². The molecule has 1 N–H and O–H groups in total. The minimum absolute atomic E-state index is 0.00605. The summed E-state index contributed by atoms with van der Waals surface area (Å²) in [5.41, 5.74) is -1.46. The van der Waals surface area contributed by atoms with Gasteiger partial charge < -0.3 is 10.1 Å². The van der Waals surface area contributed by atoms with Gasteiger partial charge in [0, 0.05) is 52.8 Å². The van der Waals surface area contributed by atoms with Crippen molar-refractivity contribution in [2.24, 2.45) is 4.99 Å². The highest BCUT2D eigenvalue weighted by Gasteiger charge is 2.35. The third-order valence-corrected chi connectivity index (χ3v) is 6.67. The molecule has 3 rings (SSSR count). The lowest BCUT2D eigenvalue weighted by molar-refractivity contribution is -0.141. The summed E-state index contributed by atoms with van der Waals surface area (Å²) >= 11 is 0. The summed E-state index contributed by atoms with van der Waals surface area (Å²) in [6, 6.07) is 4.99. The number of nitrogens with zero attached hydrogens (tertiary/aromatic N) is 4. The number of alkyl halides is 6. The minimum Gasteiger partial charge on any atom is -0.497 e. The fourth-order valence-electron chi connectivity index (χ4n) is 4.02. The molecule has 9 nitrogen and oxygen atoms in total. The Morgan fingerprint density at radius 1 is 1.00 bits per heavy atom. The lowest BCUT2D eigenvalue weighted by atomic mass is 10.0. The van der Waals surface area contributed by atoms with E-state index in [9.17, 15) is 39.6 Å². The van der Waals surface area contributed by atoms with E-state index in [0.29, 0.717) is 5.57 Å². The number of anilines is 1. The predicted octanol–water partition coefficient (Wildman–Crippen LogP) is 6.68. The van der Waals surface area contributed by atoms with Gasteiger partial charge in [-0.3, -0.25) is 9.78 Å². The molecule has 3 aromatic rings. The fraction of sp³-hybridized carbons (Fsp3) is 0.310. The number of Topliss-reactive ketones (excluding diaryl/α,β-unsaturated/α-hetero) is 1. The first kappa shape index (κ1) is 35.0. The van der Waals surface area contributed by atoms with Crippen LogP contribution in [0.25, 0.3) is 11.4 Å².